The summed E-state index contributed by atoms with van der Waals surface area (Å²) in [5.41, 5.74) is 2.67. The van der Waals surface area contributed by atoms with Gasteiger partial charge in [-0.2, -0.15) is 0 Å². The maximum absolute atomic E-state index is 13.1. The van der Waals surface area contributed by atoms with E-state index >= 15 is 0 Å². The van der Waals surface area contributed by atoms with E-state index in [1.807, 2.05) is 43.3 Å². The summed E-state index contributed by atoms with van der Waals surface area (Å²) < 4.78 is 5.90. The standard InChI is InChI=1S/C32H26ClNO5S/c1-21-5-3-4-6-29(21)31(36)23-7-13-26(14-8-23)38-27-15-9-24(10-16-27)32(37)30(34-39-22(2)35)19-20-40-28-17-11-25(33)12-18-28/h3-18H,19-20H2,1-2H3/b34-30+. The molecule has 40 heavy (non-hydrogen) atoms. The zero-order valence-electron chi connectivity index (χ0n) is 21.9. The maximum Gasteiger partial charge on any atom is 0.331 e. The molecule has 0 unspecified atom stereocenters. The van der Waals surface area contributed by atoms with Crippen molar-refractivity contribution in [3.8, 4) is 11.5 Å². The number of ketones is 2. The van der Waals surface area contributed by atoms with E-state index in [4.69, 9.17) is 21.2 Å². The van der Waals surface area contributed by atoms with Gasteiger partial charge >= 0.3 is 5.97 Å². The number of carbonyl (C=O) groups is 3. The third-order valence-corrected chi connectivity index (χ3v) is 7.09. The lowest BCUT2D eigenvalue weighted by molar-refractivity contribution is -0.140. The zero-order chi connectivity index (χ0) is 28.5. The molecule has 4 aromatic rings. The van der Waals surface area contributed by atoms with Crippen LogP contribution in [0, 0.1) is 6.92 Å². The average molecular weight is 572 g/mol. The lowest BCUT2D eigenvalue weighted by Gasteiger charge is -2.09. The van der Waals surface area contributed by atoms with Crippen molar-refractivity contribution < 1.29 is 24.0 Å². The number of thioether (sulfide) groups is 1. The molecule has 4 rings (SSSR count). The number of rotatable bonds is 11. The normalized spacial score (nSPS) is 11.1. The van der Waals surface area contributed by atoms with Gasteiger partial charge in [0, 0.05) is 45.7 Å². The molecular weight excluding hydrogens is 546 g/mol. The van der Waals surface area contributed by atoms with Crippen LogP contribution in [0.5, 0.6) is 11.5 Å². The number of oxime groups is 1. The molecule has 0 aromatic heterocycles. The second-order valence-corrected chi connectivity index (χ2v) is 10.4. The monoisotopic (exact) mass is 571 g/mol. The van der Waals surface area contributed by atoms with Crippen molar-refractivity contribution in [3.05, 3.63) is 124 Å². The molecule has 0 amide bonds. The van der Waals surface area contributed by atoms with Crippen LogP contribution in [0.4, 0.5) is 0 Å². The summed E-state index contributed by atoms with van der Waals surface area (Å²) in [6.45, 7) is 3.13. The van der Waals surface area contributed by atoms with E-state index in [-0.39, 0.29) is 17.3 Å². The van der Waals surface area contributed by atoms with E-state index in [0.29, 0.717) is 45.4 Å². The first-order valence-corrected chi connectivity index (χ1v) is 13.8. The van der Waals surface area contributed by atoms with Gasteiger partial charge in [0.1, 0.15) is 17.2 Å². The number of benzene rings is 4. The molecule has 0 spiro atoms. The fourth-order valence-electron chi connectivity index (χ4n) is 3.75. The summed E-state index contributed by atoms with van der Waals surface area (Å²) in [6.07, 6.45) is 0.297. The first-order chi connectivity index (χ1) is 19.3. The van der Waals surface area contributed by atoms with Crippen molar-refractivity contribution >= 4 is 46.6 Å². The highest BCUT2D eigenvalue weighted by molar-refractivity contribution is 7.99. The summed E-state index contributed by atoms with van der Waals surface area (Å²) in [6, 6.07) is 28.4. The molecule has 0 atom stereocenters. The van der Waals surface area contributed by atoms with Crippen LogP contribution in [0.25, 0.3) is 0 Å². The molecule has 4 aromatic carbocycles. The van der Waals surface area contributed by atoms with Gasteiger partial charge < -0.3 is 9.57 Å². The predicted octanol–water partition coefficient (Wildman–Crippen LogP) is 7.96. The van der Waals surface area contributed by atoms with Crippen molar-refractivity contribution in [2.24, 2.45) is 5.16 Å². The molecule has 0 saturated carbocycles. The lowest BCUT2D eigenvalue weighted by Crippen LogP contribution is -2.16. The number of ether oxygens (including phenoxy) is 1. The first-order valence-electron chi connectivity index (χ1n) is 12.5. The van der Waals surface area contributed by atoms with Gasteiger partial charge in [0.25, 0.3) is 0 Å². The second-order valence-electron chi connectivity index (χ2n) is 8.80. The molecule has 0 heterocycles. The van der Waals surface area contributed by atoms with Crippen LogP contribution < -0.4 is 4.74 Å². The molecule has 6 nitrogen and oxygen atoms in total. The van der Waals surface area contributed by atoms with Crippen LogP contribution in [0.15, 0.2) is 107 Å². The topological polar surface area (TPSA) is 82.0 Å². The van der Waals surface area contributed by atoms with Gasteiger partial charge in [-0.05, 0) is 85.3 Å². The van der Waals surface area contributed by atoms with Gasteiger partial charge in [-0.15, -0.1) is 11.8 Å². The molecule has 0 aliphatic heterocycles. The lowest BCUT2D eigenvalue weighted by atomic mass is 9.99. The van der Waals surface area contributed by atoms with E-state index < -0.39 is 5.97 Å². The summed E-state index contributed by atoms with van der Waals surface area (Å²) in [7, 11) is 0. The summed E-state index contributed by atoms with van der Waals surface area (Å²) in [5.74, 6) is 0.625. The Hall–Kier alpha value is -4.20. The molecule has 0 N–H and O–H groups in total. The quantitative estimate of drug-likeness (QED) is 0.0597. The van der Waals surface area contributed by atoms with Crippen molar-refractivity contribution in [2.45, 2.75) is 25.2 Å². The highest BCUT2D eigenvalue weighted by Crippen LogP contribution is 2.25. The third-order valence-electron chi connectivity index (χ3n) is 5.83. The van der Waals surface area contributed by atoms with Gasteiger partial charge in [0.2, 0.25) is 5.78 Å². The van der Waals surface area contributed by atoms with Crippen LogP contribution in [0.2, 0.25) is 5.02 Å². The Labute approximate surface area is 242 Å². The predicted molar refractivity (Wildman–Crippen MR) is 158 cm³/mol. The molecule has 0 radical (unpaired) electrons. The second kappa shape index (κ2) is 13.7. The van der Waals surface area contributed by atoms with Crippen molar-refractivity contribution in [1.82, 2.24) is 0 Å². The van der Waals surface area contributed by atoms with E-state index in [1.54, 1.807) is 60.7 Å². The third kappa shape index (κ3) is 7.91. The maximum atomic E-state index is 13.1. The molecule has 0 saturated heterocycles. The number of hydrogen-bond acceptors (Lipinski definition) is 7. The van der Waals surface area contributed by atoms with E-state index in [1.165, 1.54) is 18.7 Å². The Morgan fingerprint density at radius 2 is 1.40 bits per heavy atom. The van der Waals surface area contributed by atoms with Crippen LogP contribution in [0.3, 0.4) is 0 Å². The Morgan fingerprint density at radius 1 is 0.800 bits per heavy atom. The average Bonchev–Trinajstić information content (AvgIpc) is 2.96. The van der Waals surface area contributed by atoms with Crippen molar-refractivity contribution in [1.29, 1.82) is 0 Å². The molecular formula is C32H26ClNO5S. The molecule has 8 heteroatoms. The van der Waals surface area contributed by atoms with Crippen molar-refractivity contribution in [3.63, 3.8) is 0 Å². The minimum atomic E-state index is -0.606. The number of carbonyl (C=O) groups excluding carboxylic acids is 3. The van der Waals surface area contributed by atoms with E-state index in [9.17, 15) is 14.4 Å². The summed E-state index contributed by atoms with van der Waals surface area (Å²) >= 11 is 7.47. The summed E-state index contributed by atoms with van der Waals surface area (Å²) in [4.78, 5) is 43.0. The van der Waals surface area contributed by atoms with Gasteiger partial charge in [-0.25, -0.2) is 4.79 Å². The number of aryl methyl sites for hydroxylation is 1. The number of Topliss-reactive ketones (excluding diaryl/α,β-unsaturated/α-hetero) is 1. The Balaban J connectivity index is 1.39. The number of nitrogens with zero attached hydrogens (tertiary/aromatic N) is 1. The van der Waals surface area contributed by atoms with Gasteiger partial charge in [0.05, 0.1) is 0 Å². The molecule has 0 aliphatic rings. The Morgan fingerprint density at radius 3 is 2.00 bits per heavy atom. The number of hydrogen-bond donors (Lipinski definition) is 0. The highest BCUT2D eigenvalue weighted by Gasteiger charge is 2.17. The van der Waals surface area contributed by atoms with Crippen LogP contribution >= 0.6 is 23.4 Å². The Bertz CT molecular complexity index is 1530. The van der Waals surface area contributed by atoms with E-state index in [2.05, 4.69) is 5.16 Å². The number of halogens is 1. The minimum absolute atomic E-state index is 0.0506. The molecule has 0 aliphatic carbocycles. The van der Waals surface area contributed by atoms with Crippen LogP contribution in [-0.4, -0.2) is 29.0 Å². The van der Waals surface area contributed by atoms with Crippen LogP contribution in [0.1, 0.15) is 45.2 Å². The SMILES string of the molecule is CC(=O)O/N=C(\CCSc1ccc(Cl)cc1)C(=O)c1ccc(Oc2ccc(C(=O)c3ccccc3C)cc2)cc1. The Kier molecular flexibility index (Phi) is 9.89. The van der Waals surface area contributed by atoms with E-state index in [0.717, 1.165) is 10.5 Å². The largest absolute Gasteiger partial charge is 0.457 e. The molecule has 202 valence electrons. The zero-order valence-corrected chi connectivity index (χ0v) is 23.5. The summed E-state index contributed by atoms with van der Waals surface area (Å²) in [5, 5.41) is 4.46. The molecule has 0 fully saturated rings. The first kappa shape index (κ1) is 28.8. The van der Waals surface area contributed by atoms with Crippen molar-refractivity contribution in [2.75, 3.05) is 5.75 Å². The van der Waals surface area contributed by atoms with Gasteiger partial charge in [0.15, 0.2) is 5.78 Å². The minimum Gasteiger partial charge on any atom is -0.457 e. The van der Waals surface area contributed by atoms with Crippen LogP contribution in [-0.2, 0) is 9.63 Å². The fraction of sp³-hybridized carbons (Fsp3) is 0.125. The highest BCUT2D eigenvalue weighted by atomic mass is 35.5. The fourth-order valence-corrected chi connectivity index (χ4v) is 4.74. The molecule has 0 bridgehead atoms. The van der Waals surface area contributed by atoms with Gasteiger partial charge in [-0.3, -0.25) is 9.59 Å². The smallest absolute Gasteiger partial charge is 0.331 e. The van der Waals surface area contributed by atoms with Gasteiger partial charge in [-0.1, -0.05) is 41.0 Å².